The molecule has 5 nitrogen and oxygen atoms in total. The molecular weight excluding hydrogens is 367 g/mol. The van der Waals surface area contributed by atoms with Crippen LogP contribution >= 0.6 is 0 Å². The SMILES string of the molecule is O=C(Cc1ccc(F)cc1)N1CCCC(c2ccnc(Nc3ccccc3)n2)C1. The number of nitrogens with one attached hydrogen (secondary N) is 1. The second kappa shape index (κ2) is 8.82. The van der Waals surface area contributed by atoms with Gasteiger partial charge in [0.15, 0.2) is 0 Å². The standard InChI is InChI=1S/C23H23FN4O/c24-19-10-8-17(9-11-19)15-22(29)28-14-4-5-18(16-28)21-12-13-25-23(27-21)26-20-6-2-1-3-7-20/h1-3,6-13,18H,4-5,14-16H2,(H,25,26,27). The summed E-state index contributed by atoms with van der Waals surface area (Å²) in [6.45, 7) is 1.39. The minimum atomic E-state index is -0.289. The van der Waals surface area contributed by atoms with Crippen molar-refractivity contribution in [2.24, 2.45) is 0 Å². The molecule has 0 radical (unpaired) electrons. The van der Waals surface area contributed by atoms with E-state index in [1.54, 1.807) is 18.3 Å². The Kier molecular flexibility index (Phi) is 5.79. The summed E-state index contributed by atoms with van der Waals surface area (Å²) < 4.78 is 13.1. The zero-order valence-electron chi connectivity index (χ0n) is 16.1. The Bertz CT molecular complexity index is 962. The van der Waals surface area contributed by atoms with E-state index in [-0.39, 0.29) is 24.1 Å². The second-order valence-corrected chi connectivity index (χ2v) is 7.28. The number of anilines is 2. The molecule has 0 aliphatic carbocycles. The molecule has 1 fully saturated rings. The molecule has 1 atom stereocenters. The van der Waals surface area contributed by atoms with Gasteiger partial charge in [0.2, 0.25) is 11.9 Å². The lowest BCUT2D eigenvalue weighted by atomic mass is 9.94. The third-order valence-corrected chi connectivity index (χ3v) is 5.17. The van der Waals surface area contributed by atoms with Gasteiger partial charge < -0.3 is 10.2 Å². The van der Waals surface area contributed by atoms with E-state index >= 15 is 0 Å². The van der Waals surface area contributed by atoms with Gasteiger partial charge in [-0.3, -0.25) is 4.79 Å². The van der Waals surface area contributed by atoms with Gasteiger partial charge in [-0.25, -0.2) is 14.4 Å². The van der Waals surface area contributed by atoms with Crippen LogP contribution in [0.5, 0.6) is 0 Å². The van der Waals surface area contributed by atoms with Crippen LogP contribution < -0.4 is 5.32 Å². The van der Waals surface area contributed by atoms with E-state index in [0.29, 0.717) is 12.5 Å². The summed E-state index contributed by atoms with van der Waals surface area (Å²) in [5.74, 6) is 0.518. The van der Waals surface area contributed by atoms with E-state index in [2.05, 4.69) is 15.3 Å². The Balaban J connectivity index is 1.42. The number of rotatable bonds is 5. The first kappa shape index (κ1) is 19.1. The van der Waals surface area contributed by atoms with E-state index in [1.807, 2.05) is 41.3 Å². The molecule has 3 aromatic rings. The maximum Gasteiger partial charge on any atom is 0.227 e. The molecule has 4 rings (SSSR count). The van der Waals surface area contributed by atoms with Crippen molar-refractivity contribution in [3.8, 4) is 0 Å². The van der Waals surface area contributed by atoms with Crippen molar-refractivity contribution in [2.75, 3.05) is 18.4 Å². The molecule has 1 unspecified atom stereocenters. The molecule has 6 heteroatoms. The Labute approximate surface area is 169 Å². The fourth-order valence-corrected chi connectivity index (χ4v) is 3.64. The lowest BCUT2D eigenvalue weighted by Crippen LogP contribution is -2.40. The minimum Gasteiger partial charge on any atom is -0.342 e. The summed E-state index contributed by atoms with van der Waals surface area (Å²) in [6.07, 6.45) is 3.97. The Morgan fingerprint density at radius 2 is 1.90 bits per heavy atom. The van der Waals surface area contributed by atoms with Crippen LogP contribution in [0.4, 0.5) is 16.0 Å². The van der Waals surface area contributed by atoms with Crippen molar-refractivity contribution >= 4 is 17.5 Å². The fraction of sp³-hybridized carbons (Fsp3) is 0.261. The quantitative estimate of drug-likeness (QED) is 0.705. The van der Waals surface area contributed by atoms with Gasteiger partial charge in [0.25, 0.3) is 0 Å². The topological polar surface area (TPSA) is 58.1 Å². The van der Waals surface area contributed by atoms with E-state index < -0.39 is 0 Å². The van der Waals surface area contributed by atoms with Crippen molar-refractivity contribution in [3.63, 3.8) is 0 Å². The number of nitrogens with zero attached hydrogens (tertiary/aromatic N) is 3. The zero-order chi connectivity index (χ0) is 20.1. The summed E-state index contributed by atoms with van der Waals surface area (Å²) >= 11 is 0. The molecule has 1 saturated heterocycles. The summed E-state index contributed by atoms with van der Waals surface area (Å²) in [5.41, 5.74) is 2.71. The number of para-hydroxylation sites is 1. The normalized spacial score (nSPS) is 16.4. The predicted octanol–water partition coefficient (Wildman–Crippen LogP) is 4.31. The van der Waals surface area contributed by atoms with E-state index in [9.17, 15) is 9.18 Å². The molecule has 0 bridgehead atoms. The van der Waals surface area contributed by atoms with Gasteiger partial charge in [0, 0.05) is 30.9 Å². The van der Waals surface area contributed by atoms with Crippen molar-refractivity contribution in [2.45, 2.75) is 25.2 Å². The van der Waals surface area contributed by atoms with Crippen LogP contribution in [0.3, 0.4) is 0 Å². The zero-order valence-corrected chi connectivity index (χ0v) is 16.1. The Hall–Kier alpha value is -3.28. The molecule has 2 aromatic carbocycles. The molecule has 1 aliphatic heterocycles. The number of carbonyl (C=O) groups is 1. The molecule has 148 valence electrons. The van der Waals surface area contributed by atoms with Gasteiger partial charge >= 0.3 is 0 Å². The van der Waals surface area contributed by atoms with Crippen LogP contribution in [0.15, 0.2) is 66.9 Å². The van der Waals surface area contributed by atoms with Crippen LogP contribution in [-0.4, -0.2) is 33.9 Å². The van der Waals surface area contributed by atoms with Gasteiger partial charge in [-0.2, -0.15) is 0 Å². The van der Waals surface area contributed by atoms with Crippen molar-refractivity contribution in [1.82, 2.24) is 14.9 Å². The summed E-state index contributed by atoms with van der Waals surface area (Å²) in [4.78, 5) is 23.6. The number of amides is 1. The predicted molar refractivity (Wildman–Crippen MR) is 110 cm³/mol. The molecule has 2 heterocycles. The smallest absolute Gasteiger partial charge is 0.227 e. The van der Waals surface area contributed by atoms with Crippen LogP contribution in [0.2, 0.25) is 0 Å². The van der Waals surface area contributed by atoms with Gasteiger partial charge in [-0.1, -0.05) is 30.3 Å². The molecule has 1 amide bonds. The molecule has 0 saturated carbocycles. The van der Waals surface area contributed by atoms with Gasteiger partial charge in [0.1, 0.15) is 5.82 Å². The van der Waals surface area contributed by atoms with Crippen LogP contribution in [0.25, 0.3) is 0 Å². The second-order valence-electron chi connectivity index (χ2n) is 7.28. The highest BCUT2D eigenvalue weighted by Crippen LogP contribution is 2.27. The number of aromatic nitrogens is 2. The minimum absolute atomic E-state index is 0.0676. The van der Waals surface area contributed by atoms with Gasteiger partial charge in [-0.15, -0.1) is 0 Å². The number of halogens is 1. The van der Waals surface area contributed by atoms with Crippen molar-refractivity contribution in [1.29, 1.82) is 0 Å². The highest BCUT2D eigenvalue weighted by molar-refractivity contribution is 5.79. The lowest BCUT2D eigenvalue weighted by Gasteiger charge is -2.32. The van der Waals surface area contributed by atoms with Crippen molar-refractivity contribution < 1.29 is 9.18 Å². The summed E-state index contributed by atoms with van der Waals surface area (Å²) in [6, 6.07) is 17.8. The molecule has 1 aliphatic rings. The number of carbonyl (C=O) groups excluding carboxylic acids is 1. The monoisotopic (exact) mass is 390 g/mol. The number of likely N-dealkylation sites (tertiary alicyclic amines) is 1. The van der Waals surface area contributed by atoms with E-state index in [4.69, 9.17) is 0 Å². The van der Waals surface area contributed by atoms with E-state index in [0.717, 1.165) is 36.3 Å². The third kappa shape index (κ3) is 4.96. The number of piperidine rings is 1. The molecule has 0 spiro atoms. The first-order valence-electron chi connectivity index (χ1n) is 9.84. The largest absolute Gasteiger partial charge is 0.342 e. The van der Waals surface area contributed by atoms with Crippen LogP contribution in [0, 0.1) is 5.82 Å². The first-order chi connectivity index (χ1) is 14.2. The average molecular weight is 390 g/mol. The van der Waals surface area contributed by atoms with Crippen LogP contribution in [-0.2, 0) is 11.2 Å². The highest BCUT2D eigenvalue weighted by Gasteiger charge is 2.26. The molecular formula is C23H23FN4O. The average Bonchev–Trinajstić information content (AvgIpc) is 2.76. The summed E-state index contributed by atoms with van der Waals surface area (Å²) in [7, 11) is 0. The molecule has 1 N–H and O–H groups in total. The molecule has 29 heavy (non-hydrogen) atoms. The fourth-order valence-electron chi connectivity index (χ4n) is 3.64. The summed E-state index contributed by atoms with van der Waals surface area (Å²) in [5, 5.41) is 3.22. The highest BCUT2D eigenvalue weighted by atomic mass is 19.1. The third-order valence-electron chi connectivity index (χ3n) is 5.17. The maximum atomic E-state index is 13.1. The van der Waals surface area contributed by atoms with Crippen LogP contribution in [0.1, 0.15) is 30.0 Å². The number of hydrogen-bond donors (Lipinski definition) is 1. The molecule has 1 aromatic heterocycles. The van der Waals surface area contributed by atoms with E-state index in [1.165, 1.54) is 12.1 Å². The Morgan fingerprint density at radius 1 is 1.10 bits per heavy atom. The lowest BCUT2D eigenvalue weighted by molar-refractivity contribution is -0.131. The number of hydrogen-bond acceptors (Lipinski definition) is 4. The first-order valence-corrected chi connectivity index (χ1v) is 9.84. The van der Waals surface area contributed by atoms with Gasteiger partial charge in [0.05, 0.1) is 12.1 Å². The maximum absolute atomic E-state index is 13.1. The van der Waals surface area contributed by atoms with Crippen molar-refractivity contribution in [3.05, 3.63) is 83.9 Å². The number of benzene rings is 2. The van der Waals surface area contributed by atoms with Gasteiger partial charge in [-0.05, 0) is 48.7 Å². The Morgan fingerprint density at radius 3 is 2.69 bits per heavy atom.